The summed E-state index contributed by atoms with van der Waals surface area (Å²) in [7, 11) is 0. The standard InChI is InChI=1S/C18H15ClN4/c1-12-10-17-21-18(20-11-13-6-2-4-8-15(13)19)14-7-3-5-9-16(14)23(17)22-12/h2-10H,11H2,1H3,(H,20,21). The van der Waals surface area contributed by atoms with Gasteiger partial charge in [-0.25, -0.2) is 9.50 Å². The molecule has 114 valence electrons. The third kappa shape index (κ3) is 2.51. The van der Waals surface area contributed by atoms with Crippen molar-refractivity contribution in [1.82, 2.24) is 14.6 Å². The quantitative estimate of drug-likeness (QED) is 0.605. The zero-order valence-electron chi connectivity index (χ0n) is 12.6. The van der Waals surface area contributed by atoms with Crippen LogP contribution in [0.1, 0.15) is 11.3 Å². The van der Waals surface area contributed by atoms with Crippen molar-refractivity contribution in [3.8, 4) is 0 Å². The lowest BCUT2D eigenvalue weighted by atomic mass is 10.2. The zero-order valence-corrected chi connectivity index (χ0v) is 13.4. The van der Waals surface area contributed by atoms with Crippen molar-refractivity contribution >= 4 is 34.0 Å². The molecule has 0 atom stereocenters. The summed E-state index contributed by atoms with van der Waals surface area (Å²) in [6.07, 6.45) is 0. The van der Waals surface area contributed by atoms with Crippen LogP contribution in [0.2, 0.25) is 5.02 Å². The molecule has 0 aliphatic rings. The summed E-state index contributed by atoms with van der Waals surface area (Å²) in [6, 6.07) is 17.9. The number of halogens is 1. The second kappa shape index (κ2) is 5.56. The maximum Gasteiger partial charge on any atom is 0.158 e. The van der Waals surface area contributed by atoms with E-state index < -0.39 is 0 Å². The summed E-state index contributed by atoms with van der Waals surface area (Å²) in [5.74, 6) is 0.841. The Kier molecular flexibility index (Phi) is 3.39. The number of hydrogen-bond donors (Lipinski definition) is 1. The van der Waals surface area contributed by atoms with Gasteiger partial charge in [0.25, 0.3) is 0 Å². The molecule has 23 heavy (non-hydrogen) atoms. The Morgan fingerprint density at radius 3 is 2.74 bits per heavy atom. The van der Waals surface area contributed by atoms with E-state index in [2.05, 4.69) is 16.5 Å². The summed E-state index contributed by atoms with van der Waals surface area (Å²) in [4.78, 5) is 4.72. The van der Waals surface area contributed by atoms with E-state index in [4.69, 9.17) is 16.6 Å². The molecular formula is C18H15ClN4. The Labute approximate surface area is 138 Å². The van der Waals surface area contributed by atoms with E-state index in [-0.39, 0.29) is 0 Å². The van der Waals surface area contributed by atoms with Crippen LogP contribution in [-0.2, 0) is 6.54 Å². The predicted molar refractivity (Wildman–Crippen MR) is 94.0 cm³/mol. The van der Waals surface area contributed by atoms with Gasteiger partial charge in [0.1, 0.15) is 5.82 Å². The summed E-state index contributed by atoms with van der Waals surface area (Å²) < 4.78 is 1.88. The third-order valence-electron chi connectivity index (χ3n) is 3.83. The topological polar surface area (TPSA) is 42.2 Å². The summed E-state index contributed by atoms with van der Waals surface area (Å²) in [5.41, 5.74) is 3.87. The van der Waals surface area contributed by atoms with E-state index in [1.165, 1.54) is 0 Å². The molecule has 2 heterocycles. The van der Waals surface area contributed by atoms with Gasteiger partial charge in [0, 0.05) is 23.0 Å². The molecule has 0 radical (unpaired) electrons. The van der Waals surface area contributed by atoms with Crippen molar-refractivity contribution in [2.24, 2.45) is 0 Å². The van der Waals surface area contributed by atoms with Gasteiger partial charge < -0.3 is 5.32 Å². The van der Waals surface area contributed by atoms with E-state index in [9.17, 15) is 0 Å². The number of para-hydroxylation sites is 1. The minimum Gasteiger partial charge on any atom is -0.365 e. The molecule has 5 heteroatoms. The highest BCUT2D eigenvalue weighted by Crippen LogP contribution is 2.24. The maximum absolute atomic E-state index is 6.23. The monoisotopic (exact) mass is 322 g/mol. The van der Waals surface area contributed by atoms with E-state index in [0.717, 1.165) is 38.6 Å². The van der Waals surface area contributed by atoms with Gasteiger partial charge in [-0.3, -0.25) is 0 Å². The molecule has 2 aromatic carbocycles. The van der Waals surface area contributed by atoms with Crippen molar-refractivity contribution in [1.29, 1.82) is 0 Å². The predicted octanol–water partition coefficient (Wildman–Crippen LogP) is 4.46. The molecule has 0 unspecified atom stereocenters. The third-order valence-corrected chi connectivity index (χ3v) is 4.20. The van der Waals surface area contributed by atoms with Gasteiger partial charge in [-0.05, 0) is 30.7 Å². The molecule has 0 amide bonds. The Morgan fingerprint density at radius 2 is 1.87 bits per heavy atom. The summed E-state index contributed by atoms with van der Waals surface area (Å²) >= 11 is 6.23. The van der Waals surface area contributed by atoms with E-state index >= 15 is 0 Å². The fourth-order valence-corrected chi connectivity index (χ4v) is 2.93. The van der Waals surface area contributed by atoms with Gasteiger partial charge in [-0.2, -0.15) is 5.10 Å². The maximum atomic E-state index is 6.23. The molecule has 4 nitrogen and oxygen atoms in total. The van der Waals surface area contributed by atoms with Crippen molar-refractivity contribution in [3.63, 3.8) is 0 Å². The average Bonchev–Trinajstić information content (AvgIpc) is 2.94. The number of fused-ring (bicyclic) bond motifs is 3. The number of benzene rings is 2. The molecule has 4 aromatic rings. The lowest BCUT2D eigenvalue weighted by molar-refractivity contribution is 0.954. The number of aryl methyl sites for hydroxylation is 1. The van der Waals surface area contributed by atoms with Gasteiger partial charge in [0.2, 0.25) is 0 Å². The second-order valence-corrected chi connectivity index (χ2v) is 5.89. The van der Waals surface area contributed by atoms with E-state index in [0.29, 0.717) is 6.54 Å². The largest absolute Gasteiger partial charge is 0.365 e. The first-order valence-corrected chi connectivity index (χ1v) is 7.82. The number of nitrogens with one attached hydrogen (secondary N) is 1. The Morgan fingerprint density at radius 1 is 1.09 bits per heavy atom. The van der Waals surface area contributed by atoms with Crippen LogP contribution in [-0.4, -0.2) is 14.6 Å². The van der Waals surface area contributed by atoms with Crippen LogP contribution in [0, 0.1) is 6.92 Å². The van der Waals surface area contributed by atoms with Crippen LogP contribution >= 0.6 is 11.6 Å². The van der Waals surface area contributed by atoms with Crippen molar-refractivity contribution in [2.45, 2.75) is 13.5 Å². The number of anilines is 1. The first-order valence-electron chi connectivity index (χ1n) is 7.45. The highest BCUT2D eigenvalue weighted by Gasteiger charge is 2.10. The van der Waals surface area contributed by atoms with Crippen LogP contribution in [0.3, 0.4) is 0 Å². The lowest BCUT2D eigenvalue weighted by Crippen LogP contribution is -2.05. The van der Waals surface area contributed by atoms with Crippen molar-refractivity contribution in [3.05, 3.63) is 70.9 Å². The molecule has 0 saturated carbocycles. The van der Waals surface area contributed by atoms with E-state index in [1.54, 1.807) is 0 Å². The molecule has 0 aliphatic carbocycles. The second-order valence-electron chi connectivity index (χ2n) is 5.48. The molecule has 0 fully saturated rings. The number of nitrogens with zero attached hydrogens (tertiary/aromatic N) is 3. The molecule has 0 aliphatic heterocycles. The Bertz CT molecular complexity index is 1010. The fraction of sp³-hybridized carbons (Fsp3) is 0.111. The van der Waals surface area contributed by atoms with Crippen LogP contribution in [0.5, 0.6) is 0 Å². The van der Waals surface area contributed by atoms with Crippen LogP contribution in [0.25, 0.3) is 16.6 Å². The normalized spacial score (nSPS) is 11.2. The first-order chi connectivity index (χ1) is 11.2. The van der Waals surface area contributed by atoms with Gasteiger partial charge in [-0.15, -0.1) is 0 Å². The minimum atomic E-state index is 0.625. The Balaban J connectivity index is 1.80. The number of hydrogen-bond acceptors (Lipinski definition) is 3. The van der Waals surface area contributed by atoms with Crippen molar-refractivity contribution < 1.29 is 0 Å². The average molecular weight is 323 g/mol. The van der Waals surface area contributed by atoms with Crippen LogP contribution < -0.4 is 5.32 Å². The lowest BCUT2D eigenvalue weighted by Gasteiger charge is -2.11. The van der Waals surface area contributed by atoms with Gasteiger partial charge in [0.15, 0.2) is 5.65 Å². The van der Waals surface area contributed by atoms with Crippen LogP contribution in [0.15, 0.2) is 54.6 Å². The molecule has 1 N–H and O–H groups in total. The minimum absolute atomic E-state index is 0.625. The molecule has 2 aromatic heterocycles. The van der Waals surface area contributed by atoms with Gasteiger partial charge in [-0.1, -0.05) is 41.9 Å². The molecule has 0 saturated heterocycles. The molecule has 4 rings (SSSR count). The van der Waals surface area contributed by atoms with Crippen LogP contribution in [0.4, 0.5) is 5.82 Å². The zero-order chi connectivity index (χ0) is 15.8. The fourth-order valence-electron chi connectivity index (χ4n) is 2.73. The first kappa shape index (κ1) is 14.0. The summed E-state index contributed by atoms with van der Waals surface area (Å²) in [6.45, 7) is 2.60. The molecule has 0 bridgehead atoms. The smallest absolute Gasteiger partial charge is 0.158 e. The SMILES string of the molecule is Cc1cc2nc(NCc3ccccc3Cl)c3ccccc3n2n1. The molecule has 0 spiro atoms. The van der Waals surface area contributed by atoms with E-state index in [1.807, 2.05) is 60.0 Å². The number of rotatable bonds is 3. The van der Waals surface area contributed by atoms with Gasteiger partial charge >= 0.3 is 0 Å². The summed E-state index contributed by atoms with van der Waals surface area (Å²) in [5, 5.41) is 9.72. The Hall–Kier alpha value is -2.59. The highest BCUT2D eigenvalue weighted by molar-refractivity contribution is 6.31. The van der Waals surface area contributed by atoms with Gasteiger partial charge in [0.05, 0.1) is 11.2 Å². The number of aromatic nitrogens is 3. The highest BCUT2D eigenvalue weighted by atomic mass is 35.5. The molecular weight excluding hydrogens is 308 g/mol. The van der Waals surface area contributed by atoms with Crippen molar-refractivity contribution in [2.75, 3.05) is 5.32 Å².